The molecule has 5 heteroatoms. The van der Waals surface area contributed by atoms with Crippen molar-refractivity contribution in [1.29, 1.82) is 0 Å². The lowest BCUT2D eigenvalue weighted by Crippen LogP contribution is -2.29. The van der Waals surface area contributed by atoms with E-state index in [9.17, 15) is 9.59 Å². The predicted molar refractivity (Wildman–Crippen MR) is 133 cm³/mol. The minimum atomic E-state index is -0.215. The molecule has 2 saturated heterocycles. The third-order valence-corrected chi connectivity index (χ3v) is 7.25. The Kier molecular flexibility index (Phi) is 5.75. The van der Waals surface area contributed by atoms with Crippen LogP contribution in [0, 0.1) is 6.92 Å². The van der Waals surface area contributed by atoms with Gasteiger partial charge in [0, 0.05) is 18.8 Å². The number of piperidine rings is 1. The number of carbonyl (C=O) groups is 2. The van der Waals surface area contributed by atoms with Gasteiger partial charge in [-0.1, -0.05) is 48.5 Å². The number of rotatable bonds is 4. The van der Waals surface area contributed by atoms with E-state index in [0.717, 1.165) is 52.3 Å². The Hall–Kier alpha value is -3.05. The molecule has 2 heterocycles. The Morgan fingerprint density at radius 2 is 1.72 bits per heavy atom. The summed E-state index contributed by atoms with van der Waals surface area (Å²) in [7, 11) is 0. The van der Waals surface area contributed by atoms with Gasteiger partial charge in [0.1, 0.15) is 0 Å². The summed E-state index contributed by atoms with van der Waals surface area (Å²) in [6.07, 6.45) is 5.65. The third kappa shape index (κ3) is 4.05. The second-order valence-corrected chi connectivity index (χ2v) is 9.49. The summed E-state index contributed by atoms with van der Waals surface area (Å²) < 4.78 is 0. The van der Waals surface area contributed by atoms with Crippen LogP contribution in [0.25, 0.3) is 16.8 Å². The van der Waals surface area contributed by atoms with Gasteiger partial charge in [-0.15, -0.1) is 0 Å². The van der Waals surface area contributed by atoms with Crippen LogP contribution in [0.3, 0.4) is 0 Å². The zero-order valence-electron chi connectivity index (χ0n) is 18.2. The van der Waals surface area contributed by atoms with E-state index in [1.54, 1.807) is 0 Å². The van der Waals surface area contributed by atoms with E-state index in [1.165, 1.54) is 29.8 Å². The topological polar surface area (TPSA) is 40.6 Å². The molecule has 2 fully saturated rings. The number of aryl methyl sites for hydroxylation is 1. The van der Waals surface area contributed by atoms with E-state index in [-0.39, 0.29) is 17.7 Å². The molecule has 32 heavy (non-hydrogen) atoms. The van der Waals surface area contributed by atoms with Crippen LogP contribution in [0.4, 0.5) is 10.5 Å². The maximum absolute atomic E-state index is 13.1. The first-order valence-electron chi connectivity index (χ1n) is 11.2. The normalized spacial score (nSPS) is 18.2. The first-order chi connectivity index (χ1) is 15.6. The molecule has 0 atom stereocenters. The van der Waals surface area contributed by atoms with Gasteiger partial charge in [0.25, 0.3) is 11.1 Å². The average molecular weight is 443 g/mol. The summed E-state index contributed by atoms with van der Waals surface area (Å²) in [6.45, 7) is 4.56. The maximum Gasteiger partial charge on any atom is 0.293 e. The molecule has 4 nitrogen and oxygen atoms in total. The van der Waals surface area contributed by atoms with Crippen molar-refractivity contribution in [1.82, 2.24) is 4.90 Å². The second-order valence-electron chi connectivity index (χ2n) is 8.49. The zero-order chi connectivity index (χ0) is 22.1. The van der Waals surface area contributed by atoms with Crippen molar-refractivity contribution < 1.29 is 9.59 Å². The highest BCUT2D eigenvalue weighted by Gasteiger charge is 2.35. The molecular weight excluding hydrogens is 416 g/mol. The van der Waals surface area contributed by atoms with Crippen LogP contribution in [0.1, 0.15) is 36.0 Å². The highest BCUT2D eigenvalue weighted by molar-refractivity contribution is 8.18. The Balaban J connectivity index is 1.37. The number of imide groups is 1. The first kappa shape index (κ1) is 20.8. The Morgan fingerprint density at radius 1 is 0.938 bits per heavy atom. The molecule has 3 aromatic carbocycles. The molecule has 2 aliphatic heterocycles. The lowest BCUT2D eigenvalue weighted by atomic mass is 10.0. The lowest BCUT2D eigenvalue weighted by molar-refractivity contribution is -0.123. The molecule has 3 aromatic rings. The first-order valence-corrected chi connectivity index (χ1v) is 12.0. The predicted octanol–water partition coefficient (Wildman–Crippen LogP) is 6.38. The summed E-state index contributed by atoms with van der Waals surface area (Å²) >= 11 is 1.03. The largest absolute Gasteiger partial charge is 0.372 e. The number of fused-ring (bicyclic) bond motifs is 1. The van der Waals surface area contributed by atoms with E-state index in [4.69, 9.17) is 0 Å². The average Bonchev–Trinajstić information content (AvgIpc) is 3.08. The molecule has 0 saturated carbocycles. The van der Waals surface area contributed by atoms with Crippen molar-refractivity contribution in [2.45, 2.75) is 32.7 Å². The zero-order valence-corrected chi connectivity index (χ0v) is 19.0. The number of thioether (sulfide) groups is 1. The van der Waals surface area contributed by atoms with Crippen molar-refractivity contribution in [3.63, 3.8) is 0 Å². The summed E-state index contributed by atoms with van der Waals surface area (Å²) in [5, 5.41) is 1.97. The summed E-state index contributed by atoms with van der Waals surface area (Å²) in [4.78, 5) is 30.1. The van der Waals surface area contributed by atoms with Crippen LogP contribution in [-0.2, 0) is 11.3 Å². The molecule has 0 aliphatic carbocycles. The number of hydrogen-bond acceptors (Lipinski definition) is 4. The number of carbonyl (C=O) groups excluding carboxylic acids is 2. The molecule has 162 valence electrons. The van der Waals surface area contributed by atoms with E-state index in [2.05, 4.69) is 30.0 Å². The third-order valence-electron chi connectivity index (χ3n) is 6.34. The fourth-order valence-corrected chi connectivity index (χ4v) is 5.38. The molecule has 0 unspecified atom stereocenters. The van der Waals surface area contributed by atoms with Crippen LogP contribution in [0.5, 0.6) is 0 Å². The Labute approximate surface area is 192 Å². The number of benzene rings is 3. The van der Waals surface area contributed by atoms with Crippen molar-refractivity contribution in [2.24, 2.45) is 0 Å². The van der Waals surface area contributed by atoms with Gasteiger partial charge in [0.15, 0.2) is 0 Å². The molecule has 0 bridgehead atoms. The van der Waals surface area contributed by atoms with Crippen molar-refractivity contribution in [2.75, 3.05) is 18.0 Å². The monoisotopic (exact) mass is 442 g/mol. The molecule has 0 spiro atoms. The van der Waals surface area contributed by atoms with Crippen molar-refractivity contribution >= 4 is 45.4 Å². The molecule has 2 amide bonds. The van der Waals surface area contributed by atoms with Gasteiger partial charge in [-0.2, -0.15) is 0 Å². The van der Waals surface area contributed by atoms with Crippen molar-refractivity contribution in [3.05, 3.63) is 82.3 Å². The fourth-order valence-electron chi connectivity index (χ4n) is 4.55. The highest BCUT2D eigenvalue weighted by atomic mass is 32.2. The summed E-state index contributed by atoms with van der Waals surface area (Å²) in [6, 6.07) is 20.4. The number of amides is 2. The highest BCUT2D eigenvalue weighted by Crippen LogP contribution is 2.35. The Bertz CT molecular complexity index is 1220. The van der Waals surface area contributed by atoms with Gasteiger partial charge in [-0.25, -0.2) is 0 Å². The van der Waals surface area contributed by atoms with Gasteiger partial charge in [0.05, 0.1) is 11.4 Å². The van der Waals surface area contributed by atoms with Crippen LogP contribution < -0.4 is 4.90 Å². The molecule has 0 radical (unpaired) electrons. The van der Waals surface area contributed by atoms with Gasteiger partial charge >= 0.3 is 0 Å². The van der Waals surface area contributed by atoms with Crippen LogP contribution >= 0.6 is 11.8 Å². The second kappa shape index (κ2) is 8.83. The lowest BCUT2D eigenvalue weighted by Gasteiger charge is -2.29. The smallest absolute Gasteiger partial charge is 0.293 e. The van der Waals surface area contributed by atoms with E-state index >= 15 is 0 Å². The van der Waals surface area contributed by atoms with Gasteiger partial charge in [0.2, 0.25) is 0 Å². The number of anilines is 1. The summed E-state index contributed by atoms with van der Waals surface area (Å²) in [5.41, 5.74) is 4.33. The molecule has 0 aromatic heterocycles. The van der Waals surface area contributed by atoms with Crippen LogP contribution in [-0.4, -0.2) is 29.1 Å². The van der Waals surface area contributed by atoms with E-state index < -0.39 is 0 Å². The van der Waals surface area contributed by atoms with Crippen LogP contribution in [0.2, 0.25) is 0 Å². The standard InChI is InChI=1S/C27H26N2O2S/c1-19-16-23(28-14-5-2-6-15-28)13-12-21(19)17-25-26(30)29(27(31)32-25)18-22-10-7-9-20-8-3-4-11-24(20)22/h3-4,7-13,16-17H,2,5-6,14-15,18H2,1H3/b25-17+. The minimum absolute atomic E-state index is 0.211. The SMILES string of the molecule is Cc1cc(N2CCCCC2)ccc1/C=C1/SC(=O)N(Cc2cccc3ccccc23)C1=O. The number of hydrogen-bond donors (Lipinski definition) is 0. The van der Waals surface area contributed by atoms with E-state index in [0.29, 0.717) is 4.91 Å². The van der Waals surface area contributed by atoms with Gasteiger partial charge in [-0.05, 0) is 83.6 Å². The summed E-state index contributed by atoms with van der Waals surface area (Å²) in [5.74, 6) is -0.215. The maximum atomic E-state index is 13.1. The van der Waals surface area contributed by atoms with Crippen LogP contribution in [0.15, 0.2) is 65.6 Å². The quantitative estimate of drug-likeness (QED) is 0.440. The molecule has 5 rings (SSSR count). The molecule has 0 N–H and O–H groups in total. The number of nitrogens with zero attached hydrogens (tertiary/aromatic N) is 2. The van der Waals surface area contributed by atoms with Gasteiger partial charge in [-0.3, -0.25) is 14.5 Å². The minimum Gasteiger partial charge on any atom is -0.372 e. The van der Waals surface area contributed by atoms with Gasteiger partial charge < -0.3 is 4.90 Å². The Morgan fingerprint density at radius 3 is 2.53 bits per heavy atom. The fraction of sp³-hybridized carbons (Fsp3) is 0.259. The molecule has 2 aliphatic rings. The molecular formula is C27H26N2O2S. The van der Waals surface area contributed by atoms with Crippen molar-refractivity contribution in [3.8, 4) is 0 Å². The van der Waals surface area contributed by atoms with E-state index in [1.807, 2.05) is 48.5 Å².